The van der Waals surface area contributed by atoms with Crippen LogP contribution in [-0.2, 0) is 0 Å². The quantitative estimate of drug-likeness (QED) is 0.842. The van der Waals surface area contributed by atoms with Crippen LogP contribution in [0.2, 0.25) is 5.02 Å². The molecule has 0 N–H and O–H groups in total. The van der Waals surface area contributed by atoms with Crippen LogP contribution >= 0.6 is 11.6 Å². The summed E-state index contributed by atoms with van der Waals surface area (Å²) >= 11 is 5.94. The van der Waals surface area contributed by atoms with E-state index in [9.17, 15) is 0 Å². The minimum absolute atomic E-state index is 0.213. The van der Waals surface area contributed by atoms with Crippen LogP contribution in [0, 0.1) is 0 Å². The lowest BCUT2D eigenvalue weighted by molar-refractivity contribution is 0.0902. The number of piperidine rings is 1. The van der Waals surface area contributed by atoms with E-state index in [-0.39, 0.29) is 6.10 Å². The van der Waals surface area contributed by atoms with Gasteiger partial charge in [-0.05, 0) is 43.3 Å². The second-order valence-corrected chi connectivity index (χ2v) is 6.11. The maximum Gasteiger partial charge on any atom is 0.119 e. The molecular formula is C18H20ClNO. The van der Waals surface area contributed by atoms with E-state index < -0.39 is 0 Å². The Morgan fingerprint density at radius 1 is 1.05 bits per heavy atom. The topological polar surface area (TPSA) is 12.5 Å². The first-order chi connectivity index (χ1) is 10.2. The molecule has 2 atom stereocenters. The molecule has 0 saturated carbocycles. The van der Waals surface area contributed by atoms with Crippen molar-refractivity contribution in [2.45, 2.75) is 18.4 Å². The van der Waals surface area contributed by atoms with Gasteiger partial charge in [0.15, 0.2) is 0 Å². The van der Waals surface area contributed by atoms with Gasteiger partial charge in [0.25, 0.3) is 0 Å². The Balaban J connectivity index is 1.79. The van der Waals surface area contributed by atoms with Crippen LogP contribution in [0.25, 0.3) is 0 Å². The van der Waals surface area contributed by atoms with E-state index >= 15 is 0 Å². The van der Waals surface area contributed by atoms with Gasteiger partial charge in [-0.15, -0.1) is 0 Å². The maximum atomic E-state index is 6.24. The van der Waals surface area contributed by atoms with Gasteiger partial charge >= 0.3 is 0 Å². The van der Waals surface area contributed by atoms with Crippen molar-refractivity contribution in [1.82, 2.24) is 4.90 Å². The summed E-state index contributed by atoms with van der Waals surface area (Å²) in [5.41, 5.74) is 1.35. The molecule has 1 aliphatic rings. The Labute approximate surface area is 131 Å². The van der Waals surface area contributed by atoms with Gasteiger partial charge in [-0.25, -0.2) is 0 Å². The standard InChI is InChI=1S/C18H20ClNO/c1-20-12-11-18(21-16-9-7-15(19)8-10-16)17(13-20)14-5-3-2-4-6-14/h2-10,17-18H,11-13H2,1H3/t17-,18+/m1/s1. The van der Waals surface area contributed by atoms with Crippen molar-refractivity contribution in [1.29, 1.82) is 0 Å². The molecule has 0 unspecified atom stereocenters. The van der Waals surface area contributed by atoms with E-state index in [2.05, 4.69) is 42.3 Å². The number of ether oxygens (including phenoxy) is 1. The molecule has 0 bridgehead atoms. The van der Waals surface area contributed by atoms with Crippen molar-refractivity contribution >= 4 is 11.6 Å². The molecule has 1 saturated heterocycles. The number of likely N-dealkylation sites (N-methyl/N-ethyl adjacent to an activating group) is 1. The normalized spacial score (nSPS) is 23.0. The van der Waals surface area contributed by atoms with Crippen LogP contribution in [-0.4, -0.2) is 31.1 Å². The molecule has 3 rings (SSSR count). The van der Waals surface area contributed by atoms with Crippen LogP contribution in [0.4, 0.5) is 0 Å². The Hall–Kier alpha value is -1.51. The lowest BCUT2D eigenvalue weighted by Crippen LogP contribution is -2.42. The SMILES string of the molecule is CN1CC[C@H](Oc2ccc(Cl)cc2)[C@@H](c2ccccc2)C1. The summed E-state index contributed by atoms with van der Waals surface area (Å²) < 4.78 is 6.24. The van der Waals surface area contributed by atoms with Gasteiger partial charge in [0, 0.05) is 24.0 Å². The van der Waals surface area contributed by atoms with Gasteiger partial charge in [-0.2, -0.15) is 0 Å². The Kier molecular flexibility index (Phi) is 4.47. The molecule has 1 heterocycles. The lowest BCUT2D eigenvalue weighted by atomic mass is 9.88. The highest BCUT2D eigenvalue weighted by Gasteiger charge is 2.30. The highest BCUT2D eigenvalue weighted by Crippen LogP contribution is 2.30. The first-order valence-electron chi connectivity index (χ1n) is 7.38. The Morgan fingerprint density at radius 2 is 1.76 bits per heavy atom. The summed E-state index contributed by atoms with van der Waals surface area (Å²) in [6, 6.07) is 18.3. The fourth-order valence-corrected chi connectivity index (χ4v) is 3.07. The molecule has 0 spiro atoms. The molecule has 0 amide bonds. The van der Waals surface area contributed by atoms with Crippen molar-refractivity contribution in [3.05, 3.63) is 65.2 Å². The zero-order valence-corrected chi connectivity index (χ0v) is 13.0. The summed E-state index contributed by atoms with van der Waals surface area (Å²) in [6.45, 7) is 2.10. The number of benzene rings is 2. The first-order valence-corrected chi connectivity index (χ1v) is 7.76. The van der Waals surface area contributed by atoms with E-state index in [1.807, 2.05) is 24.3 Å². The summed E-state index contributed by atoms with van der Waals surface area (Å²) in [6.07, 6.45) is 1.25. The average Bonchev–Trinajstić information content (AvgIpc) is 2.52. The number of hydrogen-bond acceptors (Lipinski definition) is 2. The average molecular weight is 302 g/mol. The van der Waals surface area contributed by atoms with Gasteiger partial charge in [-0.1, -0.05) is 41.9 Å². The third-order valence-corrected chi connectivity index (χ3v) is 4.33. The monoisotopic (exact) mass is 301 g/mol. The molecule has 2 nitrogen and oxygen atoms in total. The molecule has 0 radical (unpaired) electrons. The van der Waals surface area contributed by atoms with E-state index in [1.165, 1.54) is 5.56 Å². The number of likely N-dealkylation sites (tertiary alicyclic amines) is 1. The number of rotatable bonds is 3. The fourth-order valence-electron chi connectivity index (χ4n) is 2.94. The first kappa shape index (κ1) is 14.4. The molecule has 3 heteroatoms. The molecular weight excluding hydrogens is 282 g/mol. The number of halogens is 1. The van der Waals surface area contributed by atoms with Crippen LogP contribution in [0.3, 0.4) is 0 Å². The van der Waals surface area contributed by atoms with Gasteiger partial charge < -0.3 is 9.64 Å². The van der Waals surface area contributed by atoms with Crippen molar-refractivity contribution in [3.8, 4) is 5.75 Å². The van der Waals surface area contributed by atoms with Gasteiger partial charge in [0.05, 0.1) is 0 Å². The fraction of sp³-hybridized carbons (Fsp3) is 0.333. The van der Waals surface area contributed by atoms with E-state index in [1.54, 1.807) is 0 Å². The molecule has 1 aliphatic heterocycles. The molecule has 2 aromatic carbocycles. The largest absolute Gasteiger partial charge is 0.490 e. The zero-order chi connectivity index (χ0) is 14.7. The van der Waals surface area contributed by atoms with E-state index in [0.717, 1.165) is 30.3 Å². The third kappa shape index (κ3) is 3.58. The summed E-state index contributed by atoms with van der Waals surface area (Å²) in [5, 5.41) is 0.741. The van der Waals surface area contributed by atoms with Gasteiger partial charge in [0.2, 0.25) is 0 Å². The van der Waals surface area contributed by atoms with Crippen LogP contribution < -0.4 is 4.74 Å². The van der Waals surface area contributed by atoms with Crippen molar-refractivity contribution < 1.29 is 4.74 Å². The second kappa shape index (κ2) is 6.50. The molecule has 110 valence electrons. The van der Waals surface area contributed by atoms with Crippen LogP contribution in [0.1, 0.15) is 17.9 Å². The Bertz CT molecular complexity index is 570. The molecule has 0 aliphatic carbocycles. The van der Waals surface area contributed by atoms with Gasteiger partial charge in [-0.3, -0.25) is 0 Å². The molecule has 2 aromatic rings. The van der Waals surface area contributed by atoms with Crippen molar-refractivity contribution in [2.24, 2.45) is 0 Å². The molecule has 1 fully saturated rings. The lowest BCUT2D eigenvalue weighted by Gasteiger charge is -2.37. The van der Waals surface area contributed by atoms with Gasteiger partial charge in [0.1, 0.15) is 11.9 Å². The smallest absolute Gasteiger partial charge is 0.119 e. The maximum absolute atomic E-state index is 6.24. The zero-order valence-electron chi connectivity index (χ0n) is 12.2. The highest BCUT2D eigenvalue weighted by molar-refractivity contribution is 6.30. The van der Waals surface area contributed by atoms with Crippen molar-refractivity contribution in [3.63, 3.8) is 0 Å². The Morgan fingerprint density at radius 3 is 2.48 bits per heavy atom. The highest BCUT2D eigenvalue weighted by atomic mass is 35.5. The number of nitrogens with zero attached hydrogens (tertiary/aromatic N) is 1. The summed E-state index contributed by atoms with van der Waals surface area (Å²) in [5.74, 6) is 1.30. The predicted octanol–water partition coefficient (Wildman–Crippen LogP) is 4.21. The molecule has 21 heavy (non-hydrogen) atoms. The minimum Gasteiger partial charge on any atom is -0.490 e. The minimum atomic E-state index is 0.213. The summed E-state index contributed by atoms with van der Waals surface area (Å²) in [7, 11) is 2.18. The summed E-state index contributed by atoms with van der Waals surface area (Å²) in [4.78, 5) is 2.37. The van der Waals surface area contributed by atoms with E-state index in [0.29, 0.717) is 5.92 Å². The third-order valence-electron chi connectivity index (χ3n) is 4.08. The van der Waals surface area contributed by atoms with E-state index in [4.69, 9.17) is 16.3 Å². The predicted molar refractivity (Wildman–Crippen MR) is 87.2 cm³/mol. The van der Waals surface area contributed by atoms with Crippen molar-refractivity contribution in [2.75, 3.05) is 20.1 Å². The number of hydrogen-bond donors (Lipinski definition) is 0. The van der Waals surface area contributed by atoms with Crippen LogP contribution in [0.15, 0.2) is 54.6 Å². The van der Waals surface area contributed by atoms with Crippen LogP contribution in [0.5, 0.6) is 5.75 Å². The second-order valence-electron chi connectivity index (χ2n) is 5.68. The molecule has 0 aromatic heterocycles.